The maximum Gasteiger partial charge on any atom is 0.235 e. The van der Waals surface area contributed by atoms with Crippen molar-refractivity contribution in [1.29, 1.82) is 0 Å². The number of carbonyl (C=O) groups is 1. The molecular weight excluding hydrogens is 341 g/mol. The lowest BCUT2D eigenvalue weighted by atomic mass is 10.2. The van der Waals surface area contributed by atoms with Gasteiger partial charge in [-0.1, -0.05) is 36.7 Å². The molecule has 1 fully saturated rings. The van der Waals surface area contributed by atoms with Crippen molar-refractivity contribution in [3.63, 3.8) is 0 Å². The second-order valence-electron chi connectivity index (χ2n) is 6.19. The number of nitrogen functional groups attached to an aromatic ring is 1. The first kappa shape index (κ1) is 17.7. The van der Waals surface area contributed by atoms with Gasteiger partial charge in [0.1, 0.15) is 5.82 Å². The quantitative estimate of drug-likeness (QED) is 0.667. The minimum atomic E-state index is -0.362. The molecule has 0 saturated carbocycles. The van der Waals surface area contributed by atoms with Crippen LogP contribution in [-0.2, 0) is 4.79 Å². The molecule has 1 aliphatic heterocycles. The Balaban J connectivity index is 1.71. The summed E-state index contributed by atoms with van der Waals surface area (Å²) >= 11 is 1.28. The highest BCUT2D eigenvalue weighted by Crippen LogP contribution is 2.26. The lowest BCUT2D eigenvalue weighted by Gasteiger charge is -2.23. The van der Waals surface area contributed by atoms with Crippen molar-refractivity contribution in [3.8, 4) is 11.4 Å². The Bertz CT molecular complexity index is 742. The molecule has 2 aromatic rings. The highest BCUT2D eigenvalue weighted by molar-refractivity contribution is 8.00. The Morgan fingerprint density at radius 1 is 1.24 bits per heavy atom. The third-order valence-electron chi connectivity index (χ3n) is 4.30. The van der Waals surface area contributed by atoms with Crippen molar-refractivity contribution in [2.24, 2.45) is 0 Å². The van der Waals surface area contributed by atoms with Crippen LogP contribution >= 0.6 is 11.8 Å². The molecule has 25 heavy (non-hydrogen) atoms. The summed E-state index contributed by atoms with van der Waals surface area (Å²) in [5.41, 5.74) is 0.549. The van der Waals surface area contributed by atoms with Crippen molar-refractivity contribution < 1.29 is 9.18 Å². The maximum absolute atomic E-state index is 13.4. The summed E-state index contributed by atoms with van der Waals surface area (Å²) in [5.74, 6) is 6.17. The largest absolute Gasteiger partial charge is 0.342 e. The van der Waals surface area contributed by atoms with Crippen molar-refractivity contribution in [2.75, 3.05) is 18.9 Å². The van der Waals surface area contributed by atoms with Gasteiger partial charge < -0.3 is 10.7 Å². The normalized spacial score (nSPS) is 16.5. The summed E-state index contributed by atoms with van der Waals surface area (Å²) in [5, 5.41) is 8.25. The number of benzene rings is 1. The predicted molar refractivity (Wildman–Crippen MR) is 95.9 cm³/mol. The van der Waals surface area contributed by atoms with Crippen LogP contribution in [0.25, 0.3) is 11.4 Å². The zero-order chi connectivity index (χ0) is 17.8. The highest BCUT2D eigenvalue weighted by Gasteiger charge is 2.24. The number of nitrogens with two attached hydrogens (primary N) is 1. The molecule has 1 saturated heterocycles. The van der Waals surface area contributed by atoms with Gasteiger partial charge in [0.05, 0.1) is 5.25 Å². The summed E-state index contributed by atoms with van der Waals surface area (Å²) in [6, 6.07) is 6.03. The van der Waals surface area contributed by atoms with Crippen molar-refractivity contribution in [1.82, 2.24) is 19.8 Å². The molecule has 1 amide bonds. The average Bonchev–Trinajstić information content (AvgIpc) is 2.80. The Labute approximate surface area is 150 Å². The van der Waals surface area contributed by atoms with Gasteiger partial charge in [0.25, 0.3) is 0 Å². The molecule has 0 radical (unpaired) electrons. The van der Waals surface area contributed by atoms with Crippen LogP contribution in [0.2, 0.25) is 0 Å². The van der Waals surface area contributed by atoms with E-state index in [2.05, 4.69) is 10.2 Å². The van der Waals surface area contributed by atoms with Gasteiger partial charge in [0.15, 0.2) is 5.82 Å². The second kappa shape index (κ2) is 7.86. The zero-order valence-corrected chi connectivity index (χ0v) is 15.0. The summed E-state index contributed by atoms with van der Waals surface area (Å²) in [4.78, 5) is 14.6. The van der Waals surface area contributed by atoms with Crippen LogP contribution in [0.4, 0.5) is 4.39 Å². The smallest absolute Gasteiger partial charge is 0.235 e. The topological polar surface area (TPSA) is 77.0 Å². The molecule has 2 heterocycles. The van der Waals surface area contributed by atoms with E-state index in [1.54, 1.807) is 12.1 Å². The number of aromatic nitrogens is 3. The van der Waals surface area contributed by atoms with Crippen molar-refractivity contribution >= 4 is 17.7 Å². The van der Waals surface area contributed by atoms with Crippen molar-refractivity contribution in [2.45, 2.75) is 43.0 Å². The molecule has 0 spiro atoms. The van der Waals surface area contributed by atoms with E-state index in [0.717, 1.165) is 25.9 Å². The molecule has 0 unspecified atom stereocenters. The Kier molecular flexibility index (Phi) is 5.57. The fraction of sp³-hybridized carbons (Fsp3) is 0.471. The van der Waals surface area contributed by atoms with E-state index in [-0.39, 0.29) is 17.0 Å². The molecule has 1 atom stereocenters. The summed E-state index contributed by atoms with van der Waals surface area (Å²) < 4.78 is 14.7. The van der Waals surface area contributed by atoms with Gasteiger partial charge >= 0.3 is 0 Å². The van der Waals surface area contributed by atoms with Crippen LogP contribution in [0.15, 0.2) is 29.4 Å². The van der Waals surface area contributed by atoms with Crippen LogP contribution in [0.5, 0.6) is 0 Å². The molecule has 8 heteroatoms. The summed E-state index contributed by atoms with van der Waals surface area (Å²) in [6.45, 7) is 3.48. The molecule has 3 rings (SSSR count). The number of carbonyl (C=O) groups excluding carboxylic acids is 1. The van der Waals surface area contributed by atoms with E-state index in [1.165, 1.54) is 41.4 Å². The number of amides is 1. The molecule has 134 valence electrons. The van der Waals surface area contributed by atoms with Crippen LogP contribution in [0, 0.1) is 5.82 Å². The van der Waals surface area contributed by atoms with Gasteiger partial charge in [-0.05, 0) is 31.9 Å². The second-order valence-corrected chi connectivity index (χ2v) is 7.49. The molecule has 2 N–H and O–H groups in total. The number of nitrogens with zero attached hydrogens (tertiary/aromatic N) is 4. The van der Waals surface area contributed by atoms with E-state index < -0.39 is 0 Å². The van der Waals surface area contributed by atoms with Crippen LogP contribution in [-0.4, -0.2) is 44.0 Å². The molecular formula is C17H22FN5OS. The molecule has 0 aliphatic carbocycles. The van der Waals surface area contributed by atoms with Crippen LogP contribution < -0.4 is 5.84 Å². The third kappa shape index (κ3) is 4.12. The number of thioether (sulfide) groups is 1. The van der Waals surface area contributed by atoms with Gasteiger partial charge in [-0.25, -0.2) is 9.07 Å². The first-order valence-electron chi connectivity index (χ1n) is 8.48. The van der Waals surface area contributed by atoms with Gasteiger partial charge in [0, 0.05) is 18.7 Å². The standard InChI is InChI=1S/C17H22FN5OS/c1-12(16(24)22-9-4-2-3-5-10-22)25-17-21-20-15(23(17)19)13-7-6-8-14(18)11-13/h6-8,11-12H,2-5,9-10,19H2,1H3/t12-/m1/s1. The number of hydrogen-bond donors (Lipinski definition) is 1. The maximum atomic E-state index is 13.4. The van der Waals surface area contributed by atoms with Gasteiger partial charge in [-0.15, -0.1) is 10.2 Å². The first-order valence-corrected chi connectivity index (χ1v) is 9.36. The fourth-order valence-corrected chi connectivity index (χ4v) is 3.79. The Morgan fingerprint density at radius 3 is 2.64 bits per heavy atom. The van der Waals surface area contributed by atoms with E-state index in [1.807, 2.05) is 11.8 Å². The molecule has 6 nitrogen and oxygen atoms in total. The molecule has 1 aliphatic rings. The van der Waals surface area contributed by atoms with Gasteiger partial charge in [-0.3, -0.25) is 4.79 Å². The van der Waals surface area contributed by atoms with Gasteiger partial charge in [-0.2, -0.15) is 0 Å². The SMILES string of the molecule is C[C@@H](Sc1nnc(-c2cccc(F)c2)n1N)C(=O)N1CCCCCC1. The Hall–Kier alpha value is -2.09. The van der Waals surface area contributed by atoms with Crippen molar-refractivity contribution in [3.05, 3.63) is 30.1 Å². The Morgan fingerprint density at radius 2 is 1.96 bits per heavy atom. The van der Waals surface area contributed by atoms with Gasteiger partial charge in [0.2, 0.25) is 11.1 Å². The van der Waals surface area contributed by atoms with E-state index in [9.17, 15) is 9.18 Å². The van der Waals surface area contributed by atoms with E-state index in [0.29, 0.717) is 16.5 Å². The number of rotatable bonds is 4. The number of halogens is 1. The van der Waals surface area contributed by atoms with E-state index >= 15 is 0 Å². The third-order valence-corrected chi connectivity index (χ3v) is 5.34. The fourth-order valence-electron chi connectivity index (χ4n) is 2.94. The van der Waals surface area contributed by atoms with Crippen LogP contribution in [0.3, 0.4) is 0 Å². The lowest BCUT2D eigenvalue weighted by molar-refractivity contribution is -0.130. The van der Waals surface area contributed by atoms with E-state index in [4.69, 9.17) is 5.84 Å². The minimum absolute atomic E-state index is 0.0993. The van der Waals surface area contributed by atoms with Crippen LogP contribution in [0.1, 0.15) is 32.6 Å². The average molecular weight is 363 g/mol. The first-order chi connectivity index (χ1) is 12.1. The summed E-state index contributed by atoms with van der Waals surface area (Å²) in [6.07, 6.45) is 4.47. The molecule has 0 bridgehead atoms. The summed E-state index contributed by atoms with van der Waals surface area (Å²) in [7, 11) is 0. The molecule has 1 aromatic carbocycles. The zero-order valence-electron chi connectivity index (χ0n) is 14.2. The highest BCUT2D eigenvalue weighted by atomic mass is 32.2. The number of likely N-dealkylation sites (tertiary alicyclic amines) is 1. The number of hydrogen-bond acceptors (Lipinski definition) is 5. The minimum Gasteiger partial charge on any atom is -0.342 e. The predicted octanol–water partition coefficient (Wildman–Crippen LogP) is 2.68. The monoisotopic (exact) mass is 363 g/mol. The lowest BCUT2D eigenvalue weighted by Crippen LogP contribution is -2.37. The molecule has 1 aromatic heterocycles.